The highest BCUT2D eigenvalue weighted by Crippen LogP contribution is 2.44. The number of rotatable bonds is 5. The standard InChI is InChI=1S/C22H18FN3O2S/c1-14(25-26-22(27)13-28-17-9-7-16(23)8-10-17)15-6-11-21-19(12-15)24-18-4-2-3-5-20(18)29-21/h2-12,24H,13H2,1H3,(H,26,27). The van der Waals surface area contributed by atoms with Crippen molar-refractivity contribution < 1.29 is 13.9 Å². The molecule has 0 fully saturated rings. The maximum atomic E-state index is 12.9. The molecule has 1 aliphatic heterocycles. The summed E-state index contributed by atoms with van der Waals surface area (Å²) in [5, 5.41) is 7.59. The van der Waals surface area contributed by atoms with E-state index >= 15 is 0 Å². The highest BCUT2D eigenvalue weighted by molar-refractivity contribution is 7.99. The van der Waals surface area contributed by atoms with E-state index in [0.717, 1.165) is 21.8 Å². The summed E-state index contributed by atoms with van der Waals surface area (Å²) in [7, 11) is 0. The predicted octanol–water partition coefficient (Wildman–Crippen LogP) is 4.95. The van der Waals surface area contributed by atoms with E-state index in [1.807, 2.05) is 43.3 Å². The van der Waals surface area contributed by atoms with Crippen LogP contribution in [0.4, 0.5) is 15.8 Å². The molecule has 29 heavy (non-hydrogen) atoms. The number of fused-ring (bicyclic) bond motifs is 2. The average molecular weight is 407 g/mol. The summed E-state index contributed by atoms with van der Waals surface area (Å²) in [4.78, 5) is 14.3. The summed E-state index contributed by atoms with van der Waals surface area (Å²) < 4.78 is 18.2. The zero-order chi connectivity index (χ0) is 20.2. The Hall–Kier alpha value is -3.32. The smallest absolute Gasteiger partial charge is 0.277 e. The number of anilines is 2. The summed E-state index contributed by atoms with van der Waals surface area (Å²) >= 11 is 1.71. The van der Waals surface area contributed by atoms with Gasteiger partial charge in [-0.15, -0.1) is 0 Å². The van der Waals surface area contributed by atoms with Crippen molar-refractivity contribution in [3.63, 3.8) is 0 Å². The second kappa shape index (κ2) is 8.36. The highest BCUT2D eigenvalue weighted by Gasteiger charge is 2.16. The first kappa shape index (κ1) is 19.0. The number of ether oxygens (including phenoxy) is 1. The molecule has 0 saturated heterocycles. The third-order valence-electron chi connectivity index (χ3n) is 4.31. The van der Waals surface area contributed by atoms with E-state index in [1.54, 1.807) is 11.8 Å². The lowest BCUT2D eigenvalue weighted by molar-refractivity contribution is -0.123. The molecule has 0 spiro atoms. The van der Waals surface area contributed by atoms with E-state index in [-0.39, 0.29) is 12.4 Å². The van der Waals surface area contributed by atoms with Gasteiger partial charge in [-0.05, 0) is 61.0 Å². The fraction of sp³-hybridized carbons (Fsp3) is 0.0909. The molecule has 7 heteroatoms. The van der Waals surface area contributed by atoms with Crippen LogP contribution in [0.1, 0.15) is 12.5 Å². The van der Waals surface area contributed by atoms with Crippen LogP contribution >= 0.6 is 11.8 Å². The van der Waals surface area contributed by atoms with E-state index in [9.17, 15) is 9.18 Å². The number of carbonyl (C=O) groups excluding carboxylic acids is 1. The lowest BCUT2D eigenvalue weighted by atomic mass is 10.1. The molecule has 4 rings (SSSR count). The second-order valence-electron chi connectivity index (χ2n) is 6.41. The van der Waals surface area contributed by atoms with Crippen LogP contribution in [-0.2, 0) is 4.79 Å². The highest BCUT2D eigenvalue weighted by atomic mass is 32.2. The van der Waals surface area contributed by atoms with Crippen LogP contribution < -0.4 is 15.5 Å². The molecule has 1 amide bonds. The molecule has 3 aromatic carbocycles. The molecule has 0 radical (unpaired) electrons. The molecule has 1 heterocycles. The van der Waals surface area contributed by atoms with Crippen LogP contribution in [0.25, 0.3) is 0 Å². The minimum atomic E-state index is -0.394. The largest absolute Gasteiger partial charge is 0.484 e. The van der Waals surface area contributed by atoms with Crippen LogP contribution in [0.5, 0.6) is 5.75 Å². The number of hydrogen-bond donors (Lipinski definition) is 2. The Labute approximate surface area is 172 Å². The maximum absolute atomic E-state index is 12.9. The molecular weight excluding hydrogens is 389 g/mol. The van der Waals surface area contributed by atoms with Gasteiger partial charge >= 0.3 is 0 Å². The van der Waals surface area contributed by atoms with Crippen molar-refractivity contribution in [1.82, 2.24) is 5.43 Å². The minimum Gasteiger partial charge on any atom is -0.484 e. The number of benzene rings is 3. The van der Waals surface area contributed by atoms with Crippen LogP contribution in [0.2, 0.25) is 0 Å². The number of carbonyl (C=O) groups is 1. The van der Waals surface area contributed by atoms with Gasteiger partial charge in [-0.2, -0.15) is 5.10 Å². The zero-order valence-corrected chi connectivity index (χ0v) is 16.4. The lowest BCUT2D eigenvalue weighted by Crippen LogP contribution is -2.25. The van der Waals surface area contributed by atoms with Gasteiger partial charge in [0.25, 0.3) is 5.91 Å². The predicted molar refractivity (Wildman–Crippen MR) is 113 cm³/mol. The molecule has 3 aromatic rings. The Bertz CT molecular complexity index is 1080. The fourth-order valence-corrected chi connectivity index (χ4v) is 3.76. The van der Waals surface area contributed by atoms with Gasteiger partial charge in [0, 0.05) is 9.79 Å². The summed E-state index contributed by atoms with van der Waals surface area (Å²) in [5.41, 5.74) is 6.13. The molecular formula is C22H18FN3O2S. The third kappa shape index (κ3) is 4.57. The second-order valence-corrected chi connectivity index (χ2v) is 7.49. The summed E-state index contributed by atoms with van der Waals surface area (Å²) in [5.74, 6) is -0.335. The van der Waals surface area contributed by atoms with Gasteiger partial charge in [0.1, 0.15) is 11.6 Å². The summed E-state index contributed by atoms with van der Waals surface area (Å²) in [6.07, 6.45) is 0. The van der Waals surface area contributed by atoms with Gasteiger partial charge in [-0.25, -0.2) is 9.82 Å². The van der Waals surface area contributed by atoms with Crippen molar-refractivity contribution in [1.29, 1.82) is 0 Å². The Morgan fingerprint density at radius 1 is 1.07 bits per heavy atom. The van der Waals surface area contributed by atoms with Crippen molar-refractivity contribution in [2.24, 2.45) is 5.10 Å². The number of para-hydroxylation sites is 1. The van der Waals surface area contributed by atoms with Gasteiger partial charge in [-0.3, -0.25) is 4.79 Å². The third-order valence-corrected chi connectivity index (χ3v) is 5.46. The van der Waals surface area contributed by atoms with Gasteiger partial charge in [0.05, 0.1) is 17.1 Å². The van der Waals surface area contributed by atoms with Crippen LogP contribution in [0.15, 0.2) is 81.6 Å². The van der Waals surface area contributed by atoms with Gasteiger partial charge < -0.3 is 10.1 Å². The average Bonchev–Trinajstić information content (AvgIpc) is 2.75. The Kier molecular flexibility index (Phi) is 5.48. The minimum absolute atomic E-state index is 0.207. The number of halogens is 1. The van der Waals surface area contributed by atoms with Crippen LogP contribution in [-0.4, -0.2) is 18.2 Å². The lowest BCUT2D eigenvalue weighted by Gasteiger charge is -2.21. The molecule has 0 atom stereocenters. The van der Waals surface area contributed by atoms with Gasteiger partial charge in [0.2, 0.25) is 0 Å². The van der Waals surface area contributed by atoms with E-state index in [0.29, 0.717) is 11.5 Å². The molecule has 146 valence electrons. The quantitative estimate of drug-likeness (QED) is 0.363. The number of hydrazone groups is 1. The van der Waals surface area contributed by atoms with E-state index in [1.165, 1.54) is 29.2 Å². The van der Waals surface area contributed by atoms with Crippen molar-refractivity contribution in [2.75, 3.05) is 11.9 Å². The molecule has 5 nitrogen and oxygen atoms in total. The van der Waals surface area contributed by atoms with Crippen molar-refractivity contribution in [2.45, 2.75) is 16.7 Å². The van der Waals surface area contributed by atoms with Gasteiger partial charge in [0.15, 0.2) is 6.61 Å². The SMILES string of the molecule is CC(=NNC(=O)COc1ccc(F)cc1)c1ccc2c(c1)Nc1ccccc1S2. The maximum Gasteiger partial charge on any atom is 0.277 e. The summed E-state index contributed by atoms with van der Waals surface area (Å²) in [6, 6.07) is 19.6. The summed E-state index contributed by atoms with van der Waals surface area (Å²) in [6.45, 7) is 1.62. The number of nitrogens with one attached hydrogen (secondary N) is 2. The number of nitrogens with zero attached hydrogens (tertiary/aromatic N) is 1. The first-order valence-corrected chi connectivity index (χ1v) is 9.80. The monoisotopic (exact) mass is 407 g/mol. The molecule has 0 unspecified atom stereocenters. The van der Waals surface area contributed by atoms with E-state index in [2.05, 4.69) is 21.9 Å². The molecule has 0 saturated carbocycles. The van der Waals surface area contributed by atoms with Gasteiger partial charge in [-0.1, -0.05) is 30.0 Å². The Morgan fingerprint density at radius 3 is 2.66 bits per heavy atom. The molecule has 0 aromatic heterocycles. The molecule has 0 bridgehead atoms. The van der Waals surface area contributed by atoms with Crippen molar-refractivity contribution in [3.05, 3.63) is 78.1 Å². The first-order chi connectivity index (χ1) is 14.1. The Balaban J connectivity index is 1.38. The fourth-order valence-electron chi connectivity index (χ4n) is 2.79. The van der Waals surface area contributed by atoms with E-state index in [4.69, 9.17) is 4.74 Å². The number of hydrogen-bond acceptors (Lipinski definition) is 5. The Morgan fingerprint density at radius 2 is 1.83 bits per heavy atom. The van der Waals surface area contributed by atoms with Crippen molar-refractivity contribution >= 4 is 34.8 Å². The number of amides is 1. The van der Waals surface area contributed by atoms with Crippen LogP contribution in [0.3, 0.4) is 0 Å². The van der Waals surface area contributed by atoms with Crippen molar-refractivity contribution in [3.8, 4) is 5.75 Å². The molecule has 2 N–H and O–H groups in total. The van der Waals surface area contributed by atoms with Crippen LogP contribution in [0, 0.1) is 5.82 Å². The first-order valence-electron chi connectivity index (χ1n) is 8.98. The molecule has 0 aliphatic carbocycles. The zero-order valence-electron chi connectivity index (χ0n) is 15.6. The van der Waals surface area contributed by atoms with E-state index < -0.39 is 5.91 Å². The molecule has 1 aliphatic rings. The topological polar surface area (TPSA) is 62.7 Å². The normalized spacial score (nSPS) is 12.4.